The van der Waals surface area contributed by atoms with Crippen LogP contribution in [-0.2, 0) is 11.2 Å². The summed E-state index contributed by atoms with van der Waals surface area (Å²) >= 11 is 7.69. The Hall–Kier alpha value is -2.57. The zero-order chi connectivity index (χ0) is 20.1. The van der Waals surface area contributed by atoms with Gasteiger partial charge in [0.15, 0.2) is 11.5 Å². The van der Waals surface area contributed by atoms with E-state index in [4.69, 9.17) is 21.1 Å². The second kappa shape index (κ2) is 9.08. The van der Waals surface area contributed by atoms with Gasteiger partial charge in [-0.15, -0.1) is 11.3 Å². The molecule has 1 heterocycles. The van der Waals surface area contributed by atoms with Gasteiger partial charge in [-0.05, 0) is 36.8 Å². The molecule has 3 rings (SSSR count). The van der Waals surface area contributed by atoms with Crippen LogP contribution in [-0.4, -0.2) is 25.1 Å². The minimum atomic E-state index is -0.176. The molecule has 7 heteroatoms. The molecule has 146 valence electrons. The lowest BCUT2D eigenvalue weighted by atomic mass is 10.1. The van der Waals surface area contributed by atoms with Gasteiger partial charge in [-0.25, -0.2) is 4.98 Å². The van der Waals surface area contributed by atoms with Gasteiger partial charge in [0, 0.05) is 16.0 Å². The van der Waals surface area contributed by atoms with Crippen LogP contribution >= 0.6 is 22.9 Å². The predicted molar refractivity (Wildman–Crippen MR) is 112 cm³/mol. The molecular formula is C21H21ClN2O3S. The van der Waals surface area contributed by atoms with Crippen molar-refractivity contribution in [2.24, 2.45) is 0 Å². The largest absolute Gasteiger partial charge is 0.493 e. The molecular weight excluding hydrogens is 396 g/mol. The number of methoxy groups -OCH3 is 2. The van der Waals surface area contributed by atoms with E-state index in [1.54, 1.807) is 14.2 Å². The molecule has 1 atom stereocenters. The summed E-state index contributed by atoms with van der Waals surface area (Å²) < 4.78 is 10.6. The van der Waals surface area contributed by atoms with E-state index < -0.39 is 0 Å². The first-order valence-corrected chi connectivity index (χ1v) is 9.98. The first-order chi connectivity index (χ1) is 13.5. The van der Waals surface area contributed by atoms with Crippen molar-refractivity contribution < 1.29 is 14.3 Å². The number of thiazole rings is 1. The number of ether oxygens (including phenoxy) is 2. The summed E-state index contributed by atoms with van der Waals surface area (Å²) in [6.45, 7) is 1.91. The van der Waals surface area contributed by atoms with Crippen molar-refractivity contribution in [1.29, 1.82) is 0 Å². The molecule has 28 heavy (non-hydrogen) atoms. The van der Waals surface area contributed by atoms with Gasteiger partial charge >= 0.3 is 0 Å². The maximum absolute atomic E-state index is 12.4. The molecule has 0 radical (unpaired) electrons. The maximum Gasteiger partial charge on any atom is 0.226 e. The minimum absolute atomic E-state index is 0.100. The van der Waals surface area contributed by atoms with Gasteiger partial charge in [-0.3, -0.25) is 4.79 Å². The molecule has 0 aliphatic carbocycles. The predicted octanol–water partition coefficient (Wildman–Crippen LogP) is 4.90. The second-order valence-corrected chi connectivity index (χ2v) is 7.47. The highest BCUT2D eigenvalue weighted by Crippen LogP contribution is 2.33. The van der Waals surface area contributed by atoms with E-state index >= 15 is 0 Å². The Balaban J connectivity index is 1.67. The minimum Gasteiger partial charge on any atom is -0.493 e. The first kappa shape index (κ1) is 20.2. The number of hydrogen-bond acceptors (Lipinski definition) is 5. The van der Waals surface area contributed by atoms with Crippen LogP contribution < -0.4 is 14.8 Å². The van der Waals surface area contributed by atoms with E-state index in [0.29, 0.717) is 16.5 Å². The topological polar surface area (TPSA) is 60.5 Å². The van der Waals surface area contributed by atoms with Gasteiger partial charge in [0.25, 0.3) is 0 Å². The molecule has 5 nitrogen and oxygen atoms in total. The molecule has 1 amide bonds. The zero-order valence-corrected chi connectivity index (χ0v) is 17.4. The van der Waals surface area contributed by atoms with Crippen molar-refractivity contribution in [2.45, 2.75) is 19.4 Å². The highest BCUT2D eigenvalue weighted by molar-refractivity contribution is 7.13. The van der Waals surface area contributed by atoms with Crippen LogP contribution in [0.2, 0.25) is 5.02 Å². The molecule has 0 fully saturated rings. The van der Waals surface area contributed by atoms with Gasteiger partial charge in [0.2, 0.25) is 5.91 Å². The number of carbonyl (C=O) groups excluding carboxylic acids is 1. The van der Waals surface area contributed by atoms with Gasteiger partial charge in [-0.2, -0.15) is 0 Å². The molecule has 1 unspecified atom stereocenters. The summed E-state index contributed by atoms with van der Waals surface area (Å²) in [5, 5.41) is 6.33. The van der Waals surface area contributed by atoms with Crippen LogP contribution in [0, 0.1) is 0 Å². The average Bonchev–Trinajstić information content (AvgIpc) is 3.15. The lowest BCUT2D eigenvalue weighted by Gasteiger charge is -2.15. The third-order valence-corrected chi connectivity index (χ3v) is 5.56. The number of aromatic nitrogens is 1. The standard InChI is InChI=1S/C21H21ClN2O3S/c1-13(16-6-4-5-7-17(16)22)23-20(25)11-15-12-28-21(24-15)14-8-9-18(26-2)19(10-14)27-3/h4-10,12-13H,11H2,1-3H3,(H,23,25). The molecule has 0 aliphatic heterocycles. The van der Waals surface area contributed by atoms with E-state index in [-0.39, 0.29) is 18.4 Å². The van der Waals surface area contributed by atoms with Crippen LogP contribution in [0.4, 0.5) is 0 Å². The van der Waals surface area contributed by atoms with Gasteiger partial charge in [0.05, 0.1) is 32.4 Å². The fourth-order valence-corrected chi connectivity index (χ4v) is 3.97. The number of benzene rings is 2. The van der Waals surface area contributed by atoms with Crippen molar-refractivity contribution in [3.05, 3.63) is 64.1 Å². The van der Waals surface area contributed by atoms with Crippen molar-refractivity contribution in [3.63, 3.8) is 0 Å². The van der Waals surface area contributed by atoms with Gasteiger partial charge < -0.3 is 14.8 Å². The number of nitrogens with zero attached hydrogens (tertiary/aromatic N) is 1. The Kier molecular flexibility index (Phi) is 6.54. The molecule has 3 aromatic rings. The summed E-state index contributed by atoms with van der Waals surface area (Å²) in [6, 6.07) is 13.0. The van der Waals surface area contributed by atoms with Crippen molar-refractivity contribution in [1.82, 2.24) is 10.3 Å². The summed E-state index contributed by atoms with van der Waals surface area (Å²) in [4.78, 5) is 17.0. The summed E-state index contributed by atoms with van der Waals surface area (Å²) in [7, 11) is 3.20. The molecule has 2 aromatic carbocycles. The monoisotopic (exact) mass is 416 g/mol. The SMILES string of the molecule is COc1ccc(-c2nc(CC(=O)NC(C)c3ccccc3Cl)cs2)cc1OC. The Morgan fingerprint density at radius 3 is 2.64 bits per heavy atom. The van der Waals surface area contributed by atoms with Crippen LogP contribution in [0.5, 0.6) is 11.5 Å². The zero-order valence-electron chi connectivity index (χ0n) is 15.9. The fourth-order valence-electron chi connectivity index (χ4n) is 2.85. The fraction of sp³-hybridized carbons (Fsp3) is 0.238. The van der Waals surface area contributed by atoms with Crippen molar-refractivity contribution in [2.75, 3.05) is 14.2 Å². The summed E-state index contributed by atoms with van der Waals surface area (Å²) in [6.07, 6.45) is 0.207. The number of nitrogens with one attached hydrogen (secondary N) is 1. The van der Waals surface area contributed by atoms with Gasteiger partial charge in [-0.1, -0.05) is 29.8 Å². The Labute approximate surface area is 173 Å². The lowest BCUT2D eigenvalue weighted by molar-refractivity contribution is -0.121. The van der Waals surface area contributed by atoms with E-state index in [1.165, 1.54) is 11.3 Å². The van der Waals surface area contributed by atoms with Crippen molar-refractivity contribution in [3.8, 4) is 22.1 Å². The van der Waals surface area contributed by atoms with Crippen LogP contribution in [0.3, 0.4) is 0 Å². The number of hydrogen-bond donors (Lipinski definition) is 1. The van der Waals surface area contributed by atoms with Crippen LogP contribution in [0.25, 0.3) is 10.6 Å². The molecule has 0 spiro atoms. The van der Waals surface area contributed by atoms with Gasteiger partial charge in [0.1, 0.15) is 5.01 Å². The van der Waals surface area contributed by atoms with E-state index in [9.17, 15) is 4.79 Å². The summed E-state index contributed by atoms with van der Waals surface area (Å²) in [5.41, 5.74) is 2.53. The number of amides is 1. The molecule has 0 bridgehead atoms. The maximum atomic E-state index is 12.4. The van der Waals surface area contributed by atoms with Crippen LogP contribution in [0.15, 0.2) is 47.8 Å². The molecule has 1 N–H and O–H groups in total. The van der Waals surface area contributed by atoms with Crippen LogP contribution in [0.1, 0.15) is 24.2 Å². The van der Waals surface area contributed by atoms with E-state index in [1.807, 2.05) is 54.8 Å². The third kappa shape index (κ3) is 4.64. The molecule has 0 aliphatic rings. The Bertz CT molecular complexity index is 974. The number of rotatable bonds is 7. The average molecular weight is 417 g/mol. The Morgan fingerprint density at radius 2 is 1.93 bits per heavy atom. The second-order valence-electron chi connectivity index (χ2n) is 6.20. The first-order valence-electron chi connectivity index (χ1n) is 8.72. The number of halogens is 1. The summed E-state index contributed by atoms with van der Waals surface area (Å²) in [5.74, 6) is 1.20. The Morgan fingerprint density at radius 1 is 1.18 bits per heavy atom. The van der Waals surface area contributed by atoms with E-state index in [2.05, 4.69) is 10.3 Å². The molecule has 1 aromatic heterocycles. The van der Waals surface area contributed by atoms with Crippen molar-refractivity contribution >= 4 is 28.8 Å². The lowest BCUT2D eigenvalue weighted by Crippen LogP contribution is -2.28. The smallest absolute Gasteiger partial charge is 0.226 e. The normalized spacial score (nSPS) is 11.7. The molecule has 0 saturated heterocycles. The third-order valence-electron chi connectivity index (χ3n) is 4.27. The van der Waals surface area contributed by atoms with E-state index in [0.717, 1.165) is 21.8 Å². The number of carbonyl (C=O) groups is 1. The highest BCUT2D eigenvalue weighted by atomic mass is 35.5. The quantitative estimate of drug-likeness (QED) is 0.595. The highest BCUT2D eigenvalue weighted by Gasteiger charge is 2.15. The molecule has 0 saturated carbocycles.